The molecule has 1 heterocycles. The van der Waals surface area contributed by atoms with E-state index in [0.29, 0.717) is 13.1 Å². The summed E-state index contributed by atoms with van der Waals surface area (Å²) in [6, 6.07) is 3.70. The molecular weight excluding hydrogens is 234 g/mol. The lowest BCUT2D eigenvalue weighted by Crippen LogP contribution is -2.36. The second-order valence-corrected chi connectivity index (χ2v) is 3.89. The van der Waals surface area contributed by atoms with Crippen molar-refractivity contribution < 1.29 is 14.7 Å². The molecule has 0 aromatic carbocycles. The average molecular weight is 251 g/mol. The number of amides is 1. The number of nitrogens with zero attached hydrogens (tertiary/aromatic N) is 2. The Morgan fingerprint density at radius 3 is 2.83 bits per heavy atom. The van der Waals surface area contributed by atoms with Crippen LogP contribution in [0.2, 0.25) is 0 Å². The first-order valence-corrected chi connectivity index (χ1v) is 5.65. The zero-order chi connectivity index (χ0) is 13.4. The van der Waals surface area contributed by atoms with Crippen molar-refractivity contribution in [2.24, 2.45) is 0 Å². The molecule has 1 aromatic heterocycles. The van der Waals surface area contributed by atoms with Crippen molar-refractivity contribution in [3.63, 3.8) is 0 Å². The number of carboxylic acids is 1. The van der Waals surface area contributed by atoms with Gasteiger partial charge in [0.05, 0.1) is 13.0 Å². The molecule has 1 amide bonds. The third-order valence-corrected chi connectivity index (χ3v) is 2.42. The summed E-state index contributed by atoms with van der Waals surface area (Å²) in [4.78, 5) is 27.7. The van der Waals surface area contributed by atoms with Crippen LogP contribution in [0.15, 0.2) is 24.5 Å². The predicted octanol–water partition coefficient (Wildman–Crippen LogP) is 0.104. The average Bonchev–Trinajstić information content (AvgIpc) is 2.37. The molecule has 0 aliphatic carbocycles. The Bertz CT molecular complexity index is 395. The summed E-state index contributed by atoms with van der Waals surface area (Å²) in [5.74, 6) is -1.01. The fourth-order valence-electron chi connectivity index (χ4n) is 1.50. The summed E-state index contributed by atoms with van der Waals surface area (Å²) in [5.41, 5.74) is 0.951. The maximum absolute atomic E-state index is 11.3. The molecule has 0 bridgehead atoms. The SMILES string of the molecule is CNC(=O)CN(CCC(=O)O)Cc1cccnc1. The van der Waals surface area contributed by atoms with Crippen LogP contribution in [0.5, 0.6) is 0 Å². The molecule has 0 aliphatic rings. The van der Waals surface area contributed by atoms with E-state index >= 15 is 0 Å². The molecule has 2 N–H and O–H groups in total. The quantitative estimate of drug-likeness (QED) is 0.718. The Labute approximate surface area is 106 Å². The Balaban J connectivity index is 2.58. The van der Waals surface area contributed by atoms with Crippen LogP contribution in [0.1, 0.15) is 12.0 Å². The zero-order valence-corrected chi connectivity index (χ0v) is 10.3. The highest BCUT2D eigenvalue weighted by Crippen LogP contribution is 2.03. The minimum absolute atomic E-state index is 0.0112. The van der Waals surface area contributed by atoms with E-state index in [0.717, 1.165) is 5.56 Å². The van der Waals surface area contributed by atoms with Gasteiger partial charge in [-0.3, -0.25) is 19.5 Å². The van der Waals surface area contributed by atoms with Crippen LogP contribution in [-0.4, -0.2) is 47.0 Å². The van der Waals surface area contributed by atoms with Gasteiger partial charge >= 0.3 is 5.97 Å². The fourth-order valence-corrected chi connectivity index (χ4v) is 1.50. The van der Waals surface area contributed by atoms with E-state index in [1.54, 1.807) is 24.3 Å². The lowest BCUT2D eigenvalue weighted by Gasteiger charge is -2.20. The molecule has 0 atom stereocenters. The standard InChI is InChI=1S/C12H17N3O3/c1-13-11(16)9-15(6-4-12(17)18)8-10-3-2-5-14-7-10/h2-3,5,7H,4,6,8-9H2,1H3,(H,13,16)(H,17,18). The smallest absolute Gasteiger partial charge is 0.304 e. The summed E-state index contributed by atoms with van der Waals surface area (Å²) >= 11 is 0. The topological polar surface area (TPSA) is 82.5 Å². The molecule has 0 saturated carbocycles. The molecule has 1 rings (SSSR count). The van der Waals surface area contributed by atoms with Gasteiger partial charge in [-0.1, -0.05) is 6.07 Å². The molecule has 6 nitrogen and oxygen atoms in total. The largest absolute Gasteiger partial charge is 0.481 e. The summed E-state index contributed by atoms with van der Waals surface area (Å²) < 4.78 is 0. The number of likely N-dealkylation sites (N-methyl/N-ethyl adjacent to an activating group) is 1. The molecule has 0 fully saturated rings. The van der Waals surface area contributed by atoms with Crippen LogP contribution < -0.4 is 5.32 Å². The van der Waals surface area contributed by atoms with E-state index in [-0.39, 0.29) is 18.9 Å². The first-order valence-electron chi connectivity index (χ1n) is 5.65. The number of hydrogen-bond acceptors (Lipinski definition) is 4. The molecule has 0 saturated heterocycles. The van der Waals surface area contributed by atoms with Gasteiger partial charge in [0.25, 0.3) is 0 Å². The number of carbonyl (C=O) groups is 2. The van der Waals surface area contributed by atoms with Crippen molar-refractivity contribution in [2.75, 3.05) is 20.1 Å². The summed E-state index contributed by atoms with van der Waals surface area (Å²) in [7, 11) is 1.56. The normalized spacial score (nSPS) is 10.3. The number of aromatic nitrogens is 1. The molecule has 0 unspecified atom stereocenters. The van der Waals surface area contributed by atoms with Gasteiger partial charge in [0.1, 0.15) is 0 Å². The Morgan fingerprint density at radius 1 is 1.50 bits per heavy atom. The number of hydrogen-bond donors (Lipinski definition) is 2. The van der Waals surface area contributed by atoms with E-state index in [9.17, 15) is 9.59 Å². The monoisotopic (exact) mass is 251 g/mol. The molecule has 0 aliphatic heterocycles. The molecule has 0 spiro atoms. The van der Waals surface area contributed by atoms with Gasteiger partial charge < -0.3 is 10.4 Å². The lowest BCUT2D eigenvalue weighted by atomic mass is 10.2. The lowest BCUT2D eigenvalue weighted by molar-refractivity contribution is -0.137. The van der Waals surface area contributed by atoms with Crippen molar-refractivity contribution in [1.29, 1.82) is 0 Å². The molecular formula is C12H17N3O3. The van der Waals surface area contributed by atoms with Crippen LogP contribution in [0.25, 0.3) is 0 Å². The van der Waals surface area contributed by atoms with E-state index < -0.39 is 5.97 Å². The molecule has 1 aromatic rings. The Hall–Kier alpha value is -1.95. The highest BCUT2D eigenvalue weighted by molar-refractivity contribution is 5.77. The number of aliphatic carboxylic acids is 1. The number of carbonyl (C=O) groups excluding carboxylic acids is 1. The number of rotatable bonds is 7. The van der Waals surface area contributed by atoms with Crippen molar-refractivity contribution in [3.8, 4) is 0 Å². The van der Waals surface area contributed by atoms with E-state index in [2.05, 4.69) is 10.3 Å². The van der Waals surface area contributed by atoms with Crippen molar-refractivity contribution in [2.45, 2.75) is 13.0 Å². The predicted molar refractivity (Wildman–Crippen MR) is 65.8 cm³/mol. The van der Waals surface area contributed by atoms with Crippen molar-refractivity contribution >= 4 is 11.9 Å². The summed E-state index contributed by atoms with van der Waals surface area (Å²) in [6.45, 7) is 1.02. The van der Waals surface area contributed by atoms with Gasteiger partial charge in [-0.2, -0.15) is 0 Å². The minimum atomic E-state index is -0.872. The van der Waals surface area contributed by atoms with Crippen molar-refractivity contribution in [1.82, 2.24) is 15.2 Å². The van der Waals surface area contributed by atoms with Crippen LogP contribution in [0.3, 0.4) is 0 Å². The summed E-state index contributed by atoms with van der Waals surface area (Å²) in [5, 5.41) is 11.2. The second kappa shape index (κ2) is 7.39. The minimum Gasteiger partial charge on any atom is -0.481 e. The highest BCUT2D eigenvalue weighted by atomic mass is 16.4. The van der Waals surface area contributed by atoms with Gasteiger partial charge in [-0.15, -0.1) is 0 Å². The molecule has 0 radical (unpaired) electrons. The van der Waals surface area contributed by atoms with Gasteiger partial charge in [-0.05, 0) is 11.6 Å². The zero-order valence-electron chi connectivity index (χ0n) is 10.3. The fraction of sp³-hybridized carbons (Fsp3) is 0.417. The number of carboxylic acid groups (broad SMARTS) is 1. The third-order valence-electron chi connectivity index (χ3n) is 2.42. The first-order chi connectivity index (χ1) is 8.61. The molecule has 6 heteroatoms. The van der Waals surface area contributed by atoms with Crippen LogP contribution >= 0.6 is 0 Å². The maximum Gasteiger partial charge on any atom is 0.304 e. The van der Waals surface area contributed by atoms with Gasteiger partial charge in [-0.25, -0.2) is 0 Å². The Morgan fingerprint density at radius 2 is 2.28 bits per heavy atom. The van der Waals surface area contributed by atoms with Gasteiger partial charge in [0, 0.05) is 32.5 Å². The Kier molecular flexibility index (Phi) is 5.79. The van der Waals surface area contributed by atoms with E-state index in [1.807, 2.05) is 12.1 Å². The molecule has 18 heavy (non-hydrogen) atoms. The highest BCUT2D eigenvalue weighted by Gasteiger charge is 2.11. The van der Waals surface area contributed by atoms with Gasteiger partial charge in [0.2, 0.25) is 5.91 Å². The van der Waals surface area contributed by atoms with Crippen LogP contribution in [-0.2, 0) is 16.1 Å². The molecule has 98 valence electrons. The van der Waals surface area contributed by atoms with E-state index in [4.69, 9.17) is 5.11 Å². The number of nitrogens with one attached hydrogen (secondary N) is 1. The number of pyridine rings is 1. The van der Waals surface area contributed by atoms with Gasteiger partial charge in [0.15, 0.2) is 0 Å². The van der Waals surface area contributed by atoms with E-state index in [1.165, 1.54) is 0 Å². The van der Waals surface area contributed by atoms with Crippen LogP contribution in [0, 0.1) is 0 Å². The van der Waals surface area contributed by atoms with Crippen molar-refractivity contribution in [3.05, 3.63) is 30.1 Å². The third kappa shape index (κ3) is 5.40. The van der Waals surface area contributed by atoms with Crippen LogP contribution in [0.4, 0.5) is 0 Å². The summed E-state index contributed by atoms with van der Waals surface area (Å²) in [6.07, 6.45) is 3.39. The first kappa shape index (κ1) is 14.1. The maximum atomic E-state index is 11.3. The second-order valence-electron chi connectivity index (χ2n) is 3.89.